The van der Waals surface area contributed by atoms with Gasteiger partial charge in [-0.05, 0) is 38.5 Å². The van der Waals surface area contributed by atoms with Gasteiger partial charge >= 0.3 is 5.97 Å². The normalized spacial score (nSPS) is 12.4. The largest absolute Gasteiger partial charge is 0.478 e. The highest BCUT2D eigenvalue weighted by atomic mass is 35.5. The lowest BCUT2D eigenvalue weighted by molar-refractivity contribution is 0.0696. The van der Waals surface area contributed by atoms with E-state index >= 15 is 0 Å². The quantitative estimate of drug-likeness (QED) is 0.919. The molecule has 0 saturated carbocycles. The van der Waals surface area contributed by atoms with Crippen LogP contribution >= 0.6 is 11.6 Å². The maximum Gasteiger partial charge on any atom is 0.337 e. The molecule has 0 aliphatic rings. The molecule has 3 nitrogen and oxygen atoms in total. The number of aryl methyl sites for hydroxylation is 1. The Balaban J connectivity index is 2.54. The lowest BCUT2D eigenvalue weighted by Gasteiger charge is -2.20. The lowest BCUT2D eigenvalue weighted by atomic mass is 10.1. The maximum absolute atomic E-state index is 11.2. The van der Waals surface area contributed by atoms with E-state index in [1.807, 2.05) is 49.6 Å². The fourth-order valence-electron chi connectivity index (χ4n) is 2.54. The molecule has 1 aromatic heterocycles. The average Bonchev–Trinajstić information content (AvgIpc) is 2.65. The first kappa shape index (κ1) is 13.7. The molecule has 1 heterocycles. The highest BCUT2D eigenvalue weighted by Gasteiger charge is 2.20. The molecule has 4 heteroatoms. The third-order valence-electron chi connectivity index (χ3n) is 3.46. The third kappa shape index (κ3) is 2.38. The van der Waals surface area contributed by atoms with Crippen LogP contribution in [0, 0.1) is 13.8 Å². The van der Waals surface area contributed by atoms with Crippen molar-refractivity contribution in [3.63, 3.8) is 0 Å². The number of hydrogen-bond acceptors (Lipinski definition) is 1. The number of aromatic nitrogens is 1. The zero-order valence-electron chi connectivity index (χ0n) is 11.1. The van der Waals surface area contributed by atoms with Gasteiger partial charge in [0.25, 0.3) is 0 Å². The summed E-state index contributed by atoms with van der Waals surface area (Å²) in [5, 5.41) is 9.86. The van der Waals surface area contributed by atoms with Crippen LogP contribution in [0.4, 0.5) is 0 Å². The van der Waals surface area contributed by atoms with Crippen molar-refractivity contribution in [2.45, 2.75) is 26.8 Å². The van der Waals surface area contributed by atoms with Crippen molar-refractivity contribution in [2.75, 3.05) is 0 Å². The standard InChI is InChI=1S/C15H16ClNO2/c1-9-8-13(15(18)19)11(3)17(9)10(2)12-6-4-5-7-14(12)16/h4-8,10H,1-3H3,(H,18,19). The van der Waals surface area contributed by atoms with E-state index in [0.717, 1.165) is 17.0 Å². The molecule has 0 radical (unpaired) electrons. The van der Waals surface area contributed by atoms with Gasteiger partial charge in [-0.2, -0.15) is 0 Å². The van der Waals surface area contributed by atoms with Crippen LogP contribution in [0.25, 0.3) is 0 Å². The van der Waals surface area contributed by atoms with E-state index in [2.05, 4.69) is 0 Å². The molecule has 0 bridgehead atoms. The summed E-state index contributed by atoms with van der Waals surface area (Å²) in [6.07, 6.45) is 0. The minimum Gasteiger partial charge on any atom is -0.478 e. The molecule has 0 fully saturated rings. The second-order valence-corrected chi connectivity index (χ2v) is 5.06. The Bertz CT molecular complexity index is 631. The second kappa shape index (κ2) is 5.10. The van der Waals surface area contributed by atoms with Gasteiger partial charge in [0.15, 0.2) is 0 Å². The van der Waals surface area contributed by atoms with Crippen LogP contribution in [0.2, 0.25) is 5.02 Å². The van der Waals surface area contributed by atoms with Crippen molar-refractivity contribution in [3.05, 3.63) is 57.9 Å². The highest BCUT2D eigenvalue weighted by Crippen LogP contribution is 2.29. The number of halogens is 1. The van der Waals surface area contributed by atoms with Crippen LogP contribution in [0.15, 0.2) is 30.3 Å². The first-order chi connectivity index (χ1) is 8.93. The molecule has 1 unspecified atom stereocenters. The molecule has 1 aromatic carbocycles. The number of hydrogen-bond donors (Lipinski definition) is 1. The molecule has 1 atom stereocenters. The van der Waals surface area contributed by atoms with Gasteiger partial charge in [-0.1, -0.05) is 29.8 Å². The number of nitrogens with zero attached hydrogens (tertiary/aromatic N) is 1. The van der Waals surface area contributed by atoms with Gasteiger partial charge in [0.2, 0.25) is 0 Å². The Morgan fingerprint density at radius 2 is 1.95 bits per heavy atom. The lowest BCUT2D eigenvalue weighted by Crippen LogP contribution is -2.11. The van der Waals surface area contributed by atoms with Gasteiger partial charge in [0, 0.05) is 16.4 Å². The number of carboxylic acid groups (broad SMARTS) is 1. The number of benzene rings is 1. The van der Waals surface area contributed by atoms with E-state index < -0.39 is 5.97 Å². The van der Waals surface area contributed by atoms with Gasteiger partial charge in [0.05, 0.1) is 11.6 Å². The zero-order valence-corrected chi connectivity index (χ0v) is 11.9. The summed E-state index contributed by atoms with van der Waals surface area (Å²) in [4.78, 5) is 11.2. The van der Waals surface area contributed by atoms with E-state index in [9.17, 15) is 9.90 Å². The van der Waals surface area contributed by atoms with Crippen LogP contribution in [-0.2, 0) is 0 Å². The fourth-order valence-corrected chi connectivity index (χ4v) is 2.84. The summed E-state index contributed by atoms with van der Waals surface area (Å²) < 4.78 is 2.00. The van der Waals surface area contributed by atoms with Gasteiger partial charge in [-0.15, -0.1) is 0 Å². The van der Waals surface area contributed by atoms with E-state index in [1.54, 1.807) is 6.07 Å². The Kier molecular flexibility index (Phi) is 3.67. The minimum absolute atomic E-state index is 0.00167. The van der Waals surface area contributed by atoms with E-state index in [4.69, 9.17) is 11.6 Å². The molecule has 19 heavy (non-hydrogen) atoms. The number of carboxylic acids is 1. The topological polar surface area (TPSA) is 42.2 Å². The van der Waals surface area contributed by atoms with Gasteiger partial charge in [0.1, 0.15) is 0 Å². The van der Waals surface area contributed by atoms with Crippen molar-refractivity contribution in [3.8, 4) is 0 Å². The summed E-state index contributed by atoms with van der Waals surface area (Å²) in [6.45, 7) is 5.75. The van der Waals surface area contributed by atoms with Crippen LogP contribution in [-0.4, -0.2) is 15.6 Å². The molecule has 0 saturated heterocycles. The summed E-state index contributed by atoms with van der Waals surface area (Å²) in [5.41, 5.74) is 3.00. The first-order valence-electron chi connectivity index (χ1n) is 6.09. The zero-order chi connectivity index (χ0) is 14.2. The minimum atomic E-state index is -0.897. The number of carbonyl (C=O) groups is 1. The van der Waals surface area contributed by atoms with Crippen molar-refractivity contribution in [1.29, 1.82) is 0 Å². The third-order valence-corrected chi connectivity index (χ3v) is 3.80. The molecule has 0 aliphatic carbocycles. The summed E-state index contributed by atoms with van der Waals surface area (Å²) in [5.74, 6) is -0.897. The molecular weight excluding hydrogens is 262 g/mol. The molecular formula is C15H16ClNO2. The van der Waals surface area contributed by atoms with E-state index in [0.29, 0.717) is 10.6 Å². The van der Waals surface area contributed by atoms with Crippen molar-refractivity contribution >= 4 is 17.6 Å². The predicted octanol–water partition coefficient (Wildman–Crippen LogP) is 4.07. The maximum atomic E-state index is 11.2. The Morgan fingerprint density at radius 1 is 1.32 bits per heavy atom. The van der Waals surface area contributed by atoms with Gasteiger partial charge in [-0.25, -0.2) is 4.79 Å². The summed E-state index contributed by atoms with van der Waals surface area (Å²) in [7, 11) is 0. The molecule has 2 aromatic rings. The summed E-state index contributed by atoms with van der Waals surface area (Å²) in [6, 6.07) is 9.33. The fraction of sp³-hybridized carbons (Fsp3) is 0.267. The van der Waals surface area contributed by atoms with Crippen LogP contribution in [0.3, 0.4) is 0 Å². The monoisotopic (exact) mass is 277 g/mol. The van der Waals surface area contributed by atoms with Crippen molar-refractivity contribution in [1.82, 2.24) is 4.57 Å². The molecule has 0 amide bonds. The van der Waals surface area contributed by atoms with Crippen LogP contribution < -0.4 is 0 Å². The van der Waals surface area contributed by atoms with Crippen LogP contribution in [0.5, 0.6) is 0 Å². The van der Waals surface area contributed by atoms with Crippen molar-refractivity contribution in [2.24, 2.45) is 0 Å². The molecule has 0 aliphatic heterocycles. The summed E-state index contributed by atoms with van der Waals surface area (Å²) >= 11 is 6.21. The highest BCUT2D eigenvalue weighted by molar-refractivity contribution is 6.31. The van der Waals surface area contributed by atoms with Gasteiger partial charge < -0.3 is 9.67 Å². The second-order valence-electron chi connectivity index (χ2n) is 4.66. The SMILES string of the molecule is Cc1cc(C(=O)O)c(C)n1C(C)c1ccccc1Cl. The molecule has 2 rings (SSSR count). The average molecular weight is 278 g/mol. The Hall–Kier alpha value is -1.74. The van der Waals surface area contributed by atoms with E-state index in [1.165, 1.54) is 0 Å². The molecule has 1 N–H and O–H groups in total. The molecule has 100 valence electrons. The Labute approximate surface area is 117 Å². The van der Waals surface area contributed by atoms with Crippen LogP contribution in [0.1, 0.15) is 40.3 Å². The Morgan fingerprint density at radius 3 is 2.47 bits per heavy atom. The first-order valence-corrected chi connectivity index (χ1v) is 6.47. The van der Waals surface area contributed by atoms with Gasteiger partial charge in [-0.3, -0.25) is 0 Å². The van der Waals surface area contributed by atoms with E-state index in [-0.39, 0.29) is 6.04 Å². The smallest absolute Gasteiger partial charge is 0.337 e. The number of aromatic carboxylic acids is 1. The number of rotatable bonds is 3. The van der Waals surface area contributed by atoms with Crippen molar-refractivity contribution < 1.29 is 9.90 Å². The molecule has 0 spiro atoms. The predicted molar refractivity (Wildman–Crippen MR) is 76.1 cm³/mol.